The minimum absolute atomic E-state index is 0.0598. The highest BCUT2D eigenvalue weighted by molar-refractivity contribution is 6.31. The zero-order valence-electron chi connectivity index (χ0n) is 14.8. The van der Waals surface area contributed by atoms with Crippen molar-refractivity contribution in [3.8, 4) is 6.07 Å². The Balaban J connectivity index is 2.10. The number of anilines is 3. The number of nitrogens with one attached hydrogen (secondary N) is 2. The normalized spacial score (nSPS) is 11.8. The van der Waals surface area contributed by atoms with Crippen molar-refractivity contribution in [2.45, 2.75) is 13.0 Å². The minimum atomic E-state index is -0.207. The number of aliphatic hydroxyl groups excluding tert-OH is 1. The minimum Gasteiger partial charge on any atom is -0.394 e. The molecule has 0 aliphatic rings. The van der Waals surface area contributed by atoms with Crippen molar-refractivity contribution in [1.82, 2.24) is 9.55 Å². The van der Waals surface area contributed by atoms with Gasteiger partial charge in [0.25, 0.3) is 5.56 Å². The van der Waals surface area contributed by atoms with Crippen molar-refractivity contribution in [2.24, 2.45) is 7.05 Å². The molecular formula is C19H18ClN5O2. The van der Waals surface area contributed by atoms with Crippen LogP contribution in [0.15, 0.2) is 41.3 Å². The Labute approximate surface area is 160 Å². The third-order valence-corrected chi connectivity index (χ3v) is 4.50. The van der Waals surface area contributed by atoms with E-state index in [0.717, 1.165) is 16.6 Å². The molecule has 27 heavy (non-hydrogen) atoms. The summed E-state index contributed by atoms with van der Waals surface area (Å²) in [7, 11) is 1.70. The summed E-state index contributed by atoms with van der Waals surface area (Å²) in [4.78, 5) is 16.1. The molecule has 7 nitrogen and oxygen atoms in total. The van der Waals surface area contributed by atoms with E-state index < -0.39 is 0 Å². The summed E-state index contributed by atoms with van der Waals surface area (Å²) in [5.41, 5.74) is 2.75. The fourth-order valence-corrected chi connectivity index (χ4v) is 2.97. The number of pyridine rings is 2. The van der Waals surface area contributed by atoms with Gasteiger partial charge in [-0.2, -0.15) is 5.26 Å². The maximum atomic E-state index is 12.2. The number of fused-ring (bicyclic) bond motifs is 1. The molecule has 1 atom stereocenters. The lowest BCUT2D eigenvalue weighted by atomic mass is 10.1. The van der Waals surface area contributed by atoms with Gasteiger partial charge in [-0.25, -0.2) is 4.98 Å². The Morgan fingerprint density at radius 3 is 2.81 bits per heavy atom. The summed E-state index contributed by atoms with van der Waals surface area (Å²) in [6.07, 6.45) is 1.52. The molecule has 0 aliphatic heterocycles. The van der Waals surface area contributed by atoms with Gasteiger partial charge in [0.05, 0.1) is 17.8 Å². The fraction of sp³-hybridized carbons (Fsp3) is 0.211. The molecule has 2 heterocycles. The highest BCUT2D eigenvalue weighted by Gasteiger charge is 2.12. The number of aromatic nitrogens is 2. The van der Waals surface area contributed by atoms with E-state index in [1.165, 1.54) is 12.3 Å². The quantitative estimate of drug-likeness (QED) is 0.585. The third-order valence-electron chi connectivity index (χ3n) is 4.22. The van der Waals surface area contributed by atoms with Crippen molar-refractivity contribution in [1.29, 1.82) is 5.26 Å². The lowest BCUT2D eigenvalue weighted by Crippen LogP contribution is -2.23. The number of aryl methyl sites for hydroxylation is 1. The predicted octanol–water partition coefficient (Wildman–Crippen LogP) is 2.99. The lowest BCUT2D eigenvalue weighted by Gasteiger charge is -2.17. The van der Waals surface area contributed by atoms with E-state index in [4.69, 9.17) is 11.6 Å². The molecule has 3 N–H and O–H groups in total. The SMILES string of the molecule is C[C@H](CO)Nc1cc(=O)n(C)c2ccc(Nc3ccnc(Cl)c3C#N)cc12. The molecule has 0 amide bonds. The van der Waals surface area contributed by atoms with Crippen LogP contribution in [0.3, 0.4) is 0 Å². The van der Waals surface area contributed by atoms with Crippen molar-refractivity contribution in [2.75, 3.05) is 17.2 Å². The van der Waals surface area contributed by atoms with Crippen LogP contribution in [0.1, 0.15) is 12.5 Å². The van der Waals surface area contributed by atoms with Crippen LogP contribution in [0.25, 0.3) is 10.9 Å². The van der Waals surface area contributed by atoms with E-state index in [2.05, 4.69) is 15.6 Å². The maximum Gasteiger partial charge on any atom is 0.252 e. The highest BCUT2D eigenvalue weighted by atomic mass is 35.5. The Morgan fingerprint density at radius 2 is 2.11 bits per heavy atom. The van der Waals surface area contributed by atoms with Crippen LogP contribution in [0, 0.1) is 11.3 Å². The highest BCUT2D eigenvalue weighted by Crippen LogP contribution is 2.29. The zero-order valence-corrected chi connectivity index (χ0v) is 15.6. The lowest BCUT2D eigenvalue weighted by molar-refractivity contribution is 0.281. The van der Waals surface area contributed by atoms with Gasteiger partial charge >= 0.3 is 0 Å². The molecular weight excluding hydrogens is 366 g/mol. The average molecular weight is 384 g/mol. The van der Waals surface area contributed by atoms with Gasteiger partial charge in [-0.3, -0.25) is 4.79 Å². The summed E-state index contributed by atoms with van der Waals surface area (Å²) < 4.78 is 1.55. The largest absolute Gasteiger partial charge is 0.394 e. The topological polar surface area (TPSA) is 103 Å². The predicted molar refractivity (Wildman–Crippen MR) is 107 cm³/mol. The number of rotatable bonds is 5. The number of aliphatic hydroxyl groups is 1. The Bertz CT molecular complexity index is 1100. The monoisotopic (exact) mass is 383 g/mol. The van der Waals surface area contributed by atoms with Gasteiger partial charge in [-0.1, -0.05) is 11.6 Å². The molecule has 138 valence electrons. The first kappa shape index (κ1) is 18.7. The standard InChI is InChI=1S/C19H18ClN5O2/c1-11(10-26)23-16-8-18(27)25(2)17-4-3-12(7-13(16)17)24-15-5-6-22-19(20)14(15)9-21/h3-8,11,23,26H,10H2,1-2H3,(H,22,24)/t11-/m1/s1. The Kier molecular flexibility index (Phi) is 5.31. The number of hydrogen-bond acceptors (Lipinski definition) is 6. The van der Waals surface area contributed by atoms with Gasteiger partial charge in [-0.15, -0.1) is 0 Å². The molecule has 0 spiro atoms. The van der Waals surface area contributed by atoms with Crippen LogP contribution >= 0.6 is 11.6 Å². The molecule has 0 radical (unpaired) electrons. The van der Waals surface area contributed by atoms with Crippen molar-refractivity contribution >= 4 is 39.6 Å². The van der Waals surface area contributed by atoms with Crippen LogP contribution < -0.4 is 16.2 Å². The molecule has 2 aromatic heterocycles. The maximum absolute atomic E-state index is 12.2. The van der Waals surface area contributed by atoms with Crippen molar-refractivity contribution in [3.05, 3.63) is 57.6 Å². The average Bonchev–Trinajstić information content (AvgIpc) is 2.66. The molecule has 0 saturated heterocycles. The van der Waals surface area contributed by atoms with E-state index in [1.807, 2.05) is 31.2 Å². The number of hydrogen-bond donors (Lipinski definition) is 3. The van der Waals surface area contributed by atoms with E-state index in [1.54, 1.807) is 17.7 Å². The summed E-state index contributed by atoms with van der Waals surface area (Å²) in [6.45, 7) is 1.76. The van der Waals surface area contributed by atoms with Gasteiger partial charge in [0.1, 0.15) is 16.8 Å². The fourth-order valence-electron chi connectivity index (χ4n) is 2.77. The van der Waals surface area contributed by atoms with E-state index >= 15 is 0 Å². The number of benzene rings is 1. The third kappa shape index (κ3) is 3.72. The van der Waals surface area contributed by atoms with Crippen LogP contribution in [0.4, 0.5) is 17.1 Å². The molecule has 0 aliphatic carbocycles. The zero-order chi connectivity index (χ0) is 19.6. The van der Waals surface area contributed by atoms with Gasteiger partial charge in [0.15, 0.2) is 0 Å². The second-order valence-corrected chi connectivity index (χ2v) is 6.53. The van der Waals surface area contributed by atoms with Crippen LogP contribution in [0.5, 0.6) is 0 Å². The first-order chi connectivity index (χ1) is 12.9. The first-order valence-electron chi connectivity index (χ1n) is 8.27. The summed E-state index contributed by atoms with van der Waals surface area (Å²) >= 11 is 5.98. The van der Waals surface area contributed by atoms with E-state index in [9.17, 15) is 15.2 Å². The molecule has 0 unspecified atom stereocenters. The van der Waals surface area contributed by atoms with Gasteiger partial charge in [-0.05, 0) is 31.2 Å². The van der Waals surface area contributed by atoms with Gasteiger partial charge in [0.2, 0.25) is 0 Å². The molecule has 1 aromatic carbocycles. The number of nitriles is 1. The van der Waals surface area contributed by atoms with Gasteiger partial charge in [0, 0.05) is 42.1 Å². The Hall–Kier alpha value is -3.08. The molecule has 0 saturated carbocycles. The second kappa shape index (κ2) is 7.66. The number of halogens is 1. The van der Waals surface area contributed by atoms with E-state index in [-0.39, 0.29) is 28.9 Å². The van der Waals surface area contributed by atoms with E-state index in [0.29, 0.717) is 11.4 Å². The van der Waals surface area contributed by atoms with Crippen molar-refractivity contribution < 1.29 is 5.11 Å². The smallest absolute Gasteiger partial charge is 0.252 e. The molecule has 3 rings (SSSR count). The second-order valence-electron chi connectivity index (χ2n) is 6.18. The molecule has 0 fully saturated rings. The van der Waals surface area contributed by atoms with Gasteiger partial charge < -0.3 is 20.3 Å². The Morgan fingerprint density at radius 1 is 1.33 bits per heavy atom. The molecule has 0 bridgehead atoms. The first-order valence-corrected chi connectivity index (χ1v) is 8.65. The summed E-state index contributed by atoms with van der Waals surface area (Å²) in [5.74, 6) is 0. The summed E-state index contributed by atoms with van der Waals surface area (Å²) in [5, 5.41) is 25.9. The molecule has 3 aromatic rings. The van der Waals surface area contributed by atoms with Crippen LogP contribution in [-0.2, 0) is 7.05 Å². The number of nitrogens with zero attached hydrogens (tertiary/aromatic N) is 3. The van der Waals surface area contributed by atoms with Crippen molar-refractivity contribution in [3.63, 3.8) is 0 Å². The summed E-state index contributed by atoms with van der Waals surface area (Å²) in [6, 6.07) is 10.5. The molecule has 8 heteroatoms. The van der Waals surface area contributed by atoms with Crippen LogP contribution in [0.2, 0.25) is 5.15 Å². The van der Waals surface area contributed by atoms with Crippen LogP contribution in [-0.4, -0.2) is 27.3 Å².